The van der Waals surface area contributed by atoms with Gasteiger partial charge >= 0.3 is 0 Å². The lowest BCUT2D eigenvalue weighted by Crippen LogP contribution is -2.18. The Bertz CT molecular complexity index is 830. The standard InChI is InChI=1S/C17H22N6O/c1-22(11-12-5-3-7-19-10-12)15-9-13-16(17(18)21-15)20-14(23(13)2)6-4-8-24/h3,5,7,9-10,24H,4,6,8,11H2,1-2H3,(H2,18,21). The number of aryl methyl sites for hydroxylation is 2. The van der Waals surface area contributed by atoms with Crippen molar-refractivity contribution in [2.45, 2.75) is 19.4 Å². The van der Waals surface area contributed by atoms with E-state index in [-0.39, 0.29) is 6.61 Å². The molecule has 3 aromatic rings. The molecule has 3 rings (SSSR count). The number of nitrogen functional groups attached to an aromatic ring is 1. The fraction of sp³-hybridized carbons (Fsp3) is 0.353. The minimum Gasteiger partial charge on any atom is -0.396 e. The van der Waals surface area contributed by atoms with Crippen molar-refractivity contribution in [1.29, 1.82) is 0 Å². The van der Waals surface area contributed by atoms with E-state index < -0.39 is 0 Å². The van der Waals surface area contributed by atoms with Gasteiger partial charge in [-0.05, 0) is 18.1 Å². The van der Waals surface area contributed by atoms with Gasteiger partial charge in [-0.2, -0.15) is 0 Å². The quantitative estimate of drug-likeness (QED) is 0.713. The maximum atomic E-state index is 9.02. The summed E-state index contributed by atoms with van der Waals surface area (Å²) in [5, 5.41) is 9.02. The summed E-state index contributed by atoms with van der Waals surface area (Å²) in [6, 6.07) is 5.95. The van der Waals surface area contributed by atoms with Crippen LogP contribution in [0.5, 0.6) is 0 Å². The van der Waals surface area contributed by atoms with Gasteiger partial charge in [-0.25, -0.2) is 9.97 Å². The largest absolute Gasteiger partial charge is 0.396 e. The number of aliphatic hydroxyl groups excluding tert-OH is 1. The Balaban J connectivity index is 1.93. The highest BCUT2D eigenvalue weighted by molar-refractivity contribution is 5.88. The lowest BCUT2D eigenvalue weighted by atomic mass is 10.2. The Morgan fingerprint density at radius 2 is 2.17 bits per heavy atom. The molecular weight excluding hydrogens is 304 g/mol. The summed E-state index contributed by atoms with van der Waals surface area (Å²) in [4.78, 5) is 15.2. The summed E-state index contributed by atoms with van der Waals surface area (Å²) in [6.07, 6.45) is 4.99. The highest BCUT2D eigenvalue weighted by atomic mass is 16.2. The molecule has 7 heteroatoms. The van der Waals surface area contributed by atoms with E-state index in [4.69, 9.17) is 10.8 Å². The average molecular weight is 326 g/mol. The number of aromatic nitrogens is 4. The molecule has 3 aromatic heterocycles. The number of nitrogens with zero attached hydrogens (tertiary/aromatic N) is 5. The van der Waals surface area contributed by atoms with Gasteiger partial charge in [0.1, 0.15) is 17.2 Å². The van der Waals surface area contributed by atoms with Crippen molar-refractivity contribution in [2.75, 3.05) is 24.3 Å². The number of nitrogens with two attached hydrogens (primary N) is 1. The molecule has 0 saturated heterocycles. The summed E-state index contributed by atoms with van der Waals surface area (Å²) in [7, 11) is 3.94. The molecule has 3 heterocycles. The summed E-state index contributed by atoms with van der Waals surface area (Å²) in [5.74, 6) is 2.12. The van der Waals surface area contributed by atoms with Crippen molar-refractivity contribution >= 4 is 22.7 Å². The second kappa shape index (κ2) is 6.84. The van der Waals surface area contributed by atoms with Gasteiger partial charge in [0.2, 0.25) is 0 Å². The SMILES string of the molecule is CN(Cc1cccnc1)c1cc2c(nc(CCCO)n2C)c(N)n1. The Morgan fingerprint density at radius 1 is 1.33 bits per heavy atom. The van der Waals surface area contributed by atoms with Gasteiger partial charge in [-0.1, -0.05) is 6.07 Å². The van der Waals surface area contributed by atoms with E-state index in [2.05, 4.69) is 15.0 Å². The third-order valence-electron chi connectivity index (χ3n) is 4.07. The summed E-state index contributed by atoms with van der Waals surface area (Å²) < 4.78 is 2.02. The average Bonchev–Trinajstić information content (AvgIpc) is 2.91. The number of anilines is 2. The molecule has 0 aromatic carbocycles. The van der Waals surface area contributed by atoms with Gasteiger partial charge < -0.3 is 20.3 Å². The van der Waals surface area contributed by atoms with Gasteiger partial charge in [-0.15, -0.1) is 0 Å². The molecule has 0 fully saturated rings. The fourth-order valence-electron chi connectivity index (χ4n) is 2.75. The van der Waals surface area contributed by atoms with Crippen LogP contribution in [0.2, 0.25) is 0 Å². The van der Waals surface area contributed by atoms with Crippen molar-refractivity contribution < 1.29 is 5.11 Å². The van der Waals surface area contributed by atoms with Crippen LogP contribution in [0.25, 0.3) is 11.0 Å². The molecule has 0 amide bonds. The number of fused-ring (bicyclic) bond motifs is 1. The molecule has 0 radical (unpaired) electrons. The predicted molar refractivity (Wildman–Crippen MR) is 94.7 cm³/mol. The lowest BCUT2D eigenvalue weighted by molar-refractivity contribution is 0.287. The van der Waals surface area contributed by atoms with Crippen LogP contribution in [-0.4, -0.2) is 38.3 Å². The van der Waals surface area contributed by atoms with Crippen LogP contribution in [-0.2, 0) is 20.0 Å². The minimum absolute atomic E-state index is 0.149. The van der Waals surface area contributed by atoms with Gasteiger partial charge in [0.15, 0.2) is 5.82 Å². The van der Waals surface area contributed by atoms with E-state index in [0.29, 0.717) is 30.7 Å². The van der Waals surface area contributed by atoms with E-state index in [9.17, 15) is 0 Å². The van der Waals surface area contributed by atoms with Crippen molar-refractivity contribution in [3.8, 4) is 0 Å². The van der Waals surface area contributed by atoms with Crippen LogP contribution in [0.4, 0.5) is 11.6 Å². The monoisotopic (exact) mass is 326 g/mol. The first-order valence-corrected chi connectivity index (χ1v) is 7.93. The van der Waals surface area contributed by atoms with Crippen molar-refractivity contribution in [3.05, 3.63) is 42.0 Å². The van der Waals surface area contributed by atoms with E-state index in [1.54, 1.807) is 6.20 Å². The maximum absolute atomic E-state index is 9.02. The van der Waals surface area contributed by atoms with Crippen molar-refractivity contribution in [2.24, 2.45) is 7.05 Å². The first kappa shape index (κ1) is 16.2. The molecule has 0 bridgehead atoms. The molecular formula is C17H22N6O. The molecule has 3 N–H and O–H groups in total. The van der Waals surface area contributed by atoms with Crippen molar-refractivity contribution in [3.63, 3.8) is 0 Å². The van der Waals surface area contributed by atoms with Crippen LogP contribution < -0.4 is 10.6 Å². The number of hydrogen-bond donors (Lipinski definition) is 2. The molecule has 24 heavy (non-hydrogen) atoms. The minimum atomic E-state index is 0.149. The molecule has 7 nitrogen and oxygen atoms in total. The fourth-order valence-corrected chi connectivity index (χ4v) is 2.75. The van der Waals surface area contributed by atoms with Gasteiger partial charge in [0, 0.05) is 52.1 Å². The zero-order chi connectivity index (χ0) is 17.1. The molecule has 0 spiro atoms. The smallest absolute Gasteiger partial charge is 0.154 e. The number of hydrogen-bond acceptors (Lipinski definition) is 6. The molecule has 0 unspecified atom stereocenters. The van der Waals surface area contributed by atoms with E-state index in [1.165, 1.54) is 0 Å². The Hall–Kier alpha value is -2.67. The second-order valence-electron chi connectivity index (χ2n) is 5.86. The van der Waals surface area contributed by atoms with Crippen LogP contribution >= 0.6 is 0 Å². The van der Waals surface area contributed by atoms with Crippen LogP contribution in [0.15, 0.2) is 30.6 Å². The number of rotatable bonds is 6. The van der Waals surface area contributed by atoms with E-state index in [1.807, 2.05) is 48.0 Å². The predicted octanol–water partition coefficient (Wildman–Crippen LogP) is 1.51. The highest BCUT2D eigenvalue weighted by Crippen LogP contribution is 2.25. The number of imidazole rings is 1. The third kappa shape index (κ3) is 3.16. The molecule has 0 aliphatic rings. The topological polar surface area (TPSA) is 93.1 Å². The molecule has 0 aliphatic carbocycles. The maximum Gasteiger partial charge on any atom is 0.154 e. The first-order valence-electron chi connectivity index (χ1n) is 7.93. The summed E-state index contributed by atoms with van der Waals surface area (Å²) >= 11 is 0. The Morgan fingerprint density at radius 3 is 2.88 bits per heavy atom. The third-order valence-corrected chi connectivity index (χ3v) is 4.07. The van der Waals surface area contributed by atoms with Gasteiger partial charge in [0.05, 0.1) is 5.52 Å². The number of pyridine rings is 2. The van der Waals surface area contributed by atoms with Crippen molar-refractivity contribution in [1.82, 2.24) is 19.5 Å². The molecule has 0 saturated carbocycles. The number of aliphatic hydroxyl groups is 1. The molecule has 0 atom stereocenters. The van der Waals surface area contributed by atoms with E-state index in [0.717, 1.165) is 22.7 Å². The zero-order valence-electron chi connectivity index (χ0n) is 14.0. The highest BCUT2D eigenvalue weighted by Gasteiger charge is 2.14. The Kier molecular flexibility index (Phi) is 4.61. The summed E-state index contributed by atoms with van der Waals surface area (Å²) in [5.41, 5.74) is 8.89. The molecule has 0 aliphatic heterocycles. The van der Waals surface area contributed by atoms with Crippen LogP contribution in [0, 0.1) is 0 Å². The zero-order valence-corrected chi connectivity index (χ0v) is 14.0. The summed E-state index contributed by atoms with van der Waals surface area (Å²) in [6.45, 7) is 0.844. The van der Waals surface area contributed by atoms with E-state index >= 15 is 0 Å². The van der Waals surface area contributed by atoms with Crippen LogP contribution in [0.3, 0.4) is 0 Å². The molecule has 126 valence electrons. The first-order chi connectivity index (χ1) is 11.6. The normalized spacial score (nSPS) is 11.1. The second-order valence-corrected chi connectivity index (χ2v) is 5.86. The van der Waals surface area contributed by atoms with Crippen LogP contribution in [0.1, 0.15) is 17.8 Å². The Labute approximate surface area is 140 Å². The lowest BCUT2D eigenvalue weighted by Gasteiger charge is -2.18. The van der Waals surface area contributed by atoms with Gasteiger partial charge in [0.25, 0.3) is 0 Å². The van der Waals surface area contributed by atoms with Gasteiger partial charge in [-0.3, -0.25) is 4.98 Å².